The van der Waals surface area contributed by atoms with Gasteiger partial charge in [0.25, 0.3) is 0 Å². The molecule has 5 atom stereocenters. The first-order valence-corrected chi connectivity index (χ1v) is 6.66. The van der Waals surface area contributed by atoms with Crippen molar-refractivity contribution in [3.05, 3.63) is 12.7 Å². The third-order valence-corrected chi connectivity index (χ3v) is 3.79. The molecule has 3 rings (SSSR count). The minimum Gasteiger partial charge on any atom is -0.394 e. The van der Waals surface area contributed by atoms with Gasteiger partial charge in [-0.1, -0.05) is 0 Å². The maximum Gasteiger partial charge on any atom is 0.181 e. The van der Waals surface area contributed by atoms with E-state index in [9.17, 15) is 15.3 Å². The lowest BCUT2D eigenvalue weighted by Crippen LogP contribution is -2.56. The van der Waals surface area contributed by atoms with Crippen LogP contribution in [-0.4, -0.2) is 73.2 Å². The van der Waals surface area contributed by atoms with E-state index in [4.69, 9.17) is 15.2 Å². The molecule has 2 aromatic rings. The summed E-state index contributed by atoms with van der Waals surface area (Å²) < 4.78 is 12.2. The van der Waals surface area contributed by atoms with Gasteiger partial charge in [0.15, 0.2) is 17.8 Å². The van der Waals surface area contributed by atoms with E-state index >= 15 is 0 Å². The molecule has 0 bridgehead atoms. The molecular formula is C12H17N5O5. The standard InChI is InChI=1S/C12H17N5O5/c1-21-12-7(9(20)8(19)5(2-18)22-12)17-4-16-6-10(13)14-3-15-11(6)17/h3-5,7-9,12,18-20H,2H2,1H3,(H2,13,14,15)/t5-,7+,8-,9-,12+/m1/s1. The van der Waals surface area contributed by atoms with Crippen LogP contribution in [0.3, 0.4) is 0 Å². The maximum atomic E-state index is 10.4. The lowest BCUT2D eigenvalue weighted by atomic mass is 9.97. The number of fused-ring (bicyclic) bond motifs is 1. The number of rotatable bonds is 3. The van der Waals surface area contributed by atoms with Gasteiger partial charge in [0, 0.05) is 7.11 Å². The number of imidazole rings is 1. The van der Waals surface area contributed by atoms with Crippen LogP contribution in [0.2, 0.25) is 0 Å². The van der Waals surface area contributed by atoms with Crippen molar-refractivity contribution in [1.82, 2.24) is 19.5 Å². The molecule has 0 radical (unpaired) electrons. The predicted molar refractivity (Wildman–Crippen MR) is 73.5 cm³/mol. The van der Waals surface area contributed by atoms with E-state index in [0.29, 0.717) is 11.2 Å². The number of nitrogens with two attached hydrogens (primary N) is 1. The molecule has 0 unspecified atom stereocenters. The summed E-state index contributed by atoms with van der Waals surface area (Å²) >= 11 is 0. The topological polar surface area (TPSA) is 149 Å². The number of nitrogen functional groups attached to an aromatic ring is 1. The largest absolute Gasteiger partial charge is 0.394 e. The monoisotopic (exact) mass is 311 g/mol. The Morgan fingerprint density at radius 2 is 2.09 bits per heavy atom. The number of hydrogen-bond donors (Lipinski definition) is 4. The summed E-state index contributed by atoms with van der Waals surface area (Å²) in [6.45, 7) is -0.440. The van der Waals surface area contributed by atoms with Gasteiger partial charge in [-0.15, -0.1) is 0 Å². The Bertz CT molecular complexity index is 662. The highest BCUT2D eigenvalue weighted by Gasteiger charge is 2.46. The van der Waals surface area contributed by atoms with Crippen molar-refractivity contribution in [2.45, 2.75) is 30.6 Å². The van der Waals surface area contributed by atoms with Gasteiger partial charge in [0.05, 0.1) is 12.9 Å². The van der Waals surface area contributed by atoms with Gasteiger partial charge < -0.3 is 35.1 Å². The zero-order valence-electron chi connectivity index (χ0n) is 11.8. The third kappa shape index (κ3) is 2.21. The van der Waals surface area contributed by atoms with Crippen molar-refractivity contribution in [3.63, 3.8) is 0 Å². The van der Waals surface area contributed by atoms with Gasteiger partial charge in [-0.25, -0.2) is 15.0 Å². The number of anilines is 1. The molecule has 1 aliphatic heterocycles. The Balaban J connectivity index is 2.05. The summed E-state index contributed by atoms with van der Waals surface area (Å²) in [7, 11) is 1.40. The van der Waals surface area contributed by atoms with Gasteiger partial charge in [0.1, 0.15) is 36.2 Å². The molecule has 10 nitrogen and oxygen atoms in total. The molecular weight excluding hydrogens is 294 g/mol. The normalized spacial score (nSPS) is 32.5. The summed E-state index contributed by atoms with van der Waals surface area (Å²) in [5.41, 5.74) is 6.50. The first-order valence-electron chi connectivity index (χ1n) is 6.66. The number of nitrogens with zero attached hydrogens (tertiary/aromatic N) is 4. The summed E-state index contributed by atoms with van der Waals surface area (Å²) in [5, 5.41) is 29.7. The lowest BCUT2D eigenvalue weighted by molar-refractivity contribution is -0.272. The van der Waals surface area contributed by atoms with Crippen LogP contribution in [0.1, 0.15) is 6.04 Å². The molecule has 22 heavy (non-hydrogen) atoms. The molecule has 10 heteroatoms. The van der Waals surface area contributed by atoms with Crippen molar-refractivity contribution in [2.75, 3.05) is 19.5 Å². The SMILES string of the molecule is CO[C@H]1O[C@H](CO)[C@@H](O)[C@H](O)[C@@H]1n1cnc2c(N)ncnc21. The first-order chi connectivity index (χ1) is 10.6. The van der Waals surface area contributed by atoms with Gasteiger partial charge in [-0.05, 0) is 0 Å². The van der Waals surface area contributed by atoms with Crippen molar-refractivity contribution in [2.24, 2.45) is 0 Å². The zero-order chi connectivity index (χ0) is 15.9. The molecule has 1 saturated heterocycles. The van der Waals surface area contributed by atoms with Crippen LogP contribution in [-0.2, 0) is 9.47 Å². The smallest absolute Gasteiger partial charge is 0.181 e. The van der Waals surface area contributed by atoms with Crippen LogP contribution in [0.5, 0.6) is 0 Å². The third-order valence-electron chi connectivity index (χ3n) is 3.79. The van der Waals surface area contributed by atoms with Gasteiger partial charge in [-0.3, -0.25) is 0 Å². The predicted octanol–water partition coefficient (Wildman–Crippen LogP) is -1.97. The second-order valence-corrected chi connectivity index (χ2v) is 5.02. The molecule has 0 aromatic carbocycles. The number of aliphatic hydroxyl groups excluding tert-OH is 3. The van der Waals surface area contributed by atoms with E-state index in [1.807, 2.05) is 0 Å². The summed E-state index contributed by atoms with van der Waals surface area (Å²) in [6, 6.07) is -0.804. The van der Waals surface area contributed by atoms with Crippen molar-refractivity contribution in [1.29, 1.82) is 0 Å². The Morgan fingerprint density at radius 3 is 2.77 bits per heavy atom. The van der Waals surface area contributed by atoms with Crippen molar-refractivity contribution >= 4 is 17.0 Å². The molecule has 0 aliphatic carbocycles. The van der Waals surface area contributed by atoms with E-state index in [2.05, 4.69) is 15.0 Å². The molecule has 3 heterocycles. The van der Waals surface area contributed by atoms with E-state index < -0.39 is 37.3 Å². The van der Waals surface area contributed by atoms with E-state index in [-0.39, 0.29) is 5.82 Å². The molecule has 2 aromatic heterocycles. The first kappa shape index (κ1) is 15.1. The Labute approximate surface area is 125 Å². The Morgan fingerprint density at radius 1 is 1.32 bits per heavy atom. The van der Waals surface area contributed by atoms with Gasteiger partial charge in [0.2, 0.25) is 0 Å². The molecule has 1 fully saturated rings. The van der Waals surface area contributed by atoms with Crippen LogP contribution in [0.15, 0.2) is 12.7 Å². The van der Waals surface area contributed by atoms with E-state index in [1.54, 1.807) is 0 Å². The molecule has 120 valence electrons. The van der Waals surface area contributed by atoms with Crippen molar-refractivity contribution in [3.8, 4) is 0 Å². The second-order valence-electron chi connectivity index (χ2n) is 5.02. The zero-order valence-corrected chi connectivity index (χ0v) is 11.8. The average Bonchev–Trinajstić information content (AvgIpc) is 2.95. The van der Waals surface area contributed by atoms with Crippen LogP contribution >= 0.6 is 0 Å². The quantitative estimate of drug-likeness (QED) is 0.506. The fourth-order valence-electron chi connectivity index (χ4n) is 2.65. The minimum absolute atomic E-state index is 0.206. The maximum absolute atomic E-state index is 10.4. The number of methoxy groups -OCH3 is 1. The molecule has 0 saturated carbocycles. The summed E-state index contributed by atoms with van der Waals surface area (Å²) in [6.07, 6.45) is -1.66. The van der Waals surface area contributed by atoms with Crippen molar-refractivity contribution < 1.29 is 24.8 Å². The molecule has 0 spiro atoms. The highest BCUT2D eigenvalue weighted by atomic mass is 16.7. The highest BCUT2D eigenvalue weighted by Crippen LogP contribution is 2.32. The molecule has 1 aliphatic rings. The van der Waals surface area contributed by atoms with E-state index in [1.165, 1.54) is 24.3 Å². The Hall–Kier alpha value is -1.85. The van der Waals surface area contributed by atoms with Crippen LogP contribution in [0.4, 0.5) is 5.82 Å². The fraction of sp³-hybridized carbons (Fsp3) is 0.583. The molecule has 0 amide bonds. The summed E-state index contributed by atoms with van der Waals surface area (Å²) in [4.78, 5) is 12.1. The van der Waals surface area contributed by atoms with E-state index in [0.717, 1.165) is 0 Å². The van der Waals surface area contributed by atoms with Gasteiger partial charge in [-0.2, -0.15) is 0 Å². The number of hydrogen-bond acceptors (Lipinski definition) is 9. The minimum atomic E-state index is -1.28. The van der Waals surface area contributed by atoms with Crippen LogP contribution < -0.4 is 5.73 Å². The average molecular weight is 311 g/mol. The highest BCUT2D eigenvalue weighted by molar-refractivity contribution is 5.81. The number of aromatic nitrogens is 4. The van der Waals surface area contributed by atoms with Crippen LogP contribution in [0.25, 0.3) is 11.2 Å². The number of aliphatic hydroxyl groups is 3. The number of ether oxygens (including phenoxy) is 2. The second kappa shape index (κ2) is 5.74. The lowest BCUT2D eigenvalue weighted by Gasteiger charge is -2.41. The van der Waals surface area contributed by atoms with Gasteiger partial charge >= 0.3 is 0 Å². The Kier molecular flexibility index (Phi) is 3.93. The molecule has 5 N–H and O–H groups in total. The fourth-order valence-corrected chi connectivity index (χ4v) is 2.65. The summed E-state index contributed by atoms with van der Waals surface area (Å²) in [5.74, 6) is 0.206. The van der Waals surface area contributed by atoms with Crippen LogP contribution in [0, 0.1) is 0 Å².